The first-order valence-corrected chi connectivity index (χ1v) is 8.66. The van der Waals surface area contributed by atoms with E-state index in [2.05, 4.69) is 15.6 Å². The van der Waals surface area contributed by atoms with Gasteiger partial charge in [0.2, 0.25) is 11.8 Å². The molecular formula is C19H27N3O3. The quantitative estimate of drug-likeness (QED) is 0.587. The molecule has 0 aliphatic carbocycles. The summed E-state index contributed by atoms with van der Waals surface area (Å²) < 4.78 is 0. The van der Waals surface area contributed by atoms with E-state index < -0.39 is 12.1 Å². The number of aromatic nitrogens is 1. The molecule has 2 aromatic rings. The van der Waals surface area contributed by atoms with E-state index in [1.807, 2.05) is 44.3 Å². The minimum Gasteiger partial charge on any atom is -0.393 e. The molecule has 1 aromatic carbocycles. The number of aliphatic hydroxyl groups is 1. The third-order valence-electron chi connectivity index (χ3n) is 4.30. The molecule has 0 aliphatic rings. The molecule has 0 fully saturated rings. The molecule has 1 heterocycles. The molecular weight excluding hydrogens is 318 g/mol. The van der Waals surface area contributed by atoms with Crippen molar-refractivity contribution in [2.75, 3.05) is 6.54 Å². The summed E-state index contributed by atoms with van der Waals surface area (Å²) >= 11 is 0. The monoisotopic (exact) mass is 345 g/mol. The minimum atomic E-state index is -0.645. The maximum atomic E-state index is 12.5. The van der Waals surface area contributed by atoms with E-state index in [1.54, 1.807) is 0 Å². The summed E-state index contributed by atoms with van der Waals surface area (Å²) in [6, 6.07) is 7.21. The number of nitrogens with one attached hydrogen (secondary N) is 3. The predicted octanol–water partition coefficient (Wildman–Crippen LogP) is 1.74. The maximum absolute atomic E-state index is 12.5. The molecule has 2 rings (SSSR count). The fourth-order valence-electron chi connectivity index (χ4n) is 2.77. The van der Waals surface area contributed by atoms with Crippen molar-refractivity contribution in [3.8, 4) is 0 Å². The third kappa shape index (κ3) is 5.32. The van der Waals surface area contributed by atoms with Crippen molar-refractivity contribution in [1.82, 2.24) is 15.6 Å². The van der Waals surface area contributed by atoms with E-state index in [9.17, 15) is 14.7 Å². The average molecular weight is 345 g/mol. The van der Waals surface area contributed by atoms with Crippen LogP contribution in [0.4, 0.5) is 0 Å². The second kappa shape index (κ2) is 8.67. The smallest absolute Gasteiger partial charge is 0.242 e. The maximum Gasteiger partial charge on any atom is 0.242 e. The Morgan fingerprint density at radius 2 is 1.96 bits per heavy atom. The van der Waals surface area contributed by atoms with Gasteiger partial charge in [0.05, 0.1) is 6.10 Å². The summed E-state index contributed by atoms with van der Waals surface area (Å²) in [6.07, 6.45) is 2.31. The first-order chi connectivity index (χ1) is 11.9. The van der Waals surface area contributed by atoms with Gasteiger partial charge in [0.1, 0.15) is 6.04 Å². The molecule has 136 valence electrons. The van der Waals surface area contributed by atoms with Gasteiger partial charge in [-0.3, -0.25) is 9.59 Å². The van der Waals surface area contributed by atoms with Crippen molar-refractivity contribution in [3.05, 3.63) is 36.0 Å². The fourth-order valence-corrected chi connectivity index (χ4v) is 2.77. The zero-order valence-corrected chi connectivity index (χ0v) is 15.0. The van der Waals surface area contributed by atoms with E-state index in [0.717, 1.165) is 16.5 Å². The van der Waals surface area contributed by atoms with E-state index >= 15 is 0 Å². The van der Waals surface area contributed by atoms with Crippen molar-refractivity contribution >= 4 is 22.7 Å². The van der Waals surface area contributed by atoms with Gasteiger partial charge in [0.15, 0.2) is 0 Å². The van der Waals surface area contributed by atoms with Crippen molar-refractivity contribution in [2.45, 2.75) is 45.8 Å². The normalized spacial score (nSPS) is 13.6. The molecule has 0 saturated heterocycles. The largest absolute Gasteiger partial charge is 0.393 e. The lowest BCUT2D eigenvalue weighted by Gasteiger charge is -2.19. The molecule has 6 heteroatoms. The lowest BCUT2D eigenvalue weighted by atomic mass is 10.0. The molecule has 2 unspecified atom stereocenters. The fraction of sp³-hybridized carbons (Fsp3) is 0.474. The highest BCUT2D eigenvalue weighted by Crippen LogP contribution is 2.19. The average Bonchev–Trinajstić information content (AvgIpc) is 2.96. The van der Waals surface area contributed by atoms with Gasteiger partial charge in [-0.1, -0.05) is 32.0 Å². The molecule has 1 aromatic heterocycles. The van der Waals surface area contributed by atoms with E-state index in [0.29, 0.717) is 19.4 Å². The van der Waals surface area contributed by atoms with Gasteiger partial charge in [0, 0.05) is 37.0 Å². The van der Waals surface area contributed by atoms with Crippen LogP contribution in [0.1, 0.15) is 32.8 Å². The van der Waals surface area contributed by atoms with Crippen LogP contribution in [0.3, 0.4) is 0 Å². The Morgan fingerprint density at radius 1 is 1.24 bits per heavy atom. The van der Waals surface area contributed by atoms with Gasteiger partial charge in [-0.25, -0.2) is 0 Å². The Kier molecular flexibility index (Phi) is 6.58. The number of benzene rings is 1. The van der Waals surface area contributed by atoms with Crippen LogP contribution in [0.25, 0.3) is 10.9 Å². The summed E-state index contributed by atoms with van der Waals surface area (Å²) in [6.45, 7) is 5.65. The van der Waals surface area contributed by atoms with Crippen molar-refractivity contribution in [1.29, 1.82) is 0 Å². The molecule has 0 saturated carbocycles. The topological polar surface area (TPSA) is 94.2 Å². The molecule has 4 N–H and O–H groups in total. The zero-order valence-electron chi connectivity index (χ0n) is 15.0. The van der Waals surface area contributed by atoms with Gasteiger partial charge in [-0.15, -0.1) is 0 Å². The van der Waals surface area contributed by atoms with Crippen LogP contribution in [-0.2, 0) is 16.0 Å². The van der Waals surface area contributed by atoms with E-state index in [4.69, 9.17) is 0 Å². The summed E-state index contributed by atoms with van der Waals surface area (Å²) in [4.78, 5) is 27.1. The van der Waals surface area contributed by atoms with Gasteiger partial charge >= 0.3 is 0 Å². The third-order valence-corrected chi connectivity index (χ3v) is 4.30. The Morgan fingerprint density at radius 3 is 2.64 bits per heavy atom. The zero-order chi connectivity index (χ0) is 18.4. The number of carbonyl (C=O) groups is 2. The first-order valence-electron chi connectivity index (χ1n) is 8.66. The number of aromatic amines is 1. The highest BCUT2D eigenvalue weighted by Gasteiger charge is 2.21. The Bertz CT molecular complexity index is 724. The highest BCUT2D eigenvalue weighted by atomic mass is 16.3. The summed E-state index contributed by atoms with van der Waals surface area (Å²) in [5, 5.41) is 16.4. The van der Waals surface area contributed by atoms with Gasteiger partial charge in [-0.05, 0) is 24.0 Å². The molecule has 0 spiro atoms. The van der Waals surface area contributed by atoms with Crippen LogP contribution in [-0.4, -0.2) is 40.6 Å². The number of H-pyrrole nitrogens is 1. The summed E-state index contributed by atoms with van der Waals surface area (Å²) in [5.74, 6) is -0.340. The van der Waals surface area contributed by atoms with E-state index in [-0.39, 0.29) is 17.7 Å². The number of para-hydroxylation sites is 1. The van der Waals surface area contributed by atoms with Crippen LogP contribution in [0, 0.1) is 5.92 Å². The second-order valence-corrected chi connectivity index (χ2v) is 6.71. The number of amides is 2. The molecule has 0 aliphatic heterocycles. The molecule has 6 nitrogen and oxygen atoms in total. The van der Waals surface area contributed by atoms with Gasteiger partial charge in [-0.2, -0.15) is 0 Å². The number of rotatable bonds is 8. The lowest BCUT2D eigenvalue weighted by molar-refractivity contribution is -0.128. The first kappa shape index (κ1) is 19.0. The molecule has 0 radical (unpaired) electrons. The Balaban J connectivity index is 2.02. The van der Waals surface area contributed by atoms with Crippen LogP contribution in [0.2, 0.25) is 0 Å². The van der Waals surface area contributed by atoms with Crippen molar-refractivity contribution in [2.24, 2.45) is 5.92 Å². The number of hydrogen-bond acceptors (Lipinski definition) is 3. The number of hydrogen-bond donors (Lipinski definition) is 4. The standard InChI is InChI=1S/C19H27N3O3/c1-12(2)18(24)8-9-20-19(25)17(22-13(3)23)10-14-11-21-16-7-5-4-6-15(14)16/h4-7,11-12,17-18,21,24H,8-10H2,1-3H3,(H,20,25)(H,22,23). The molecule has 2 atom stereocenters. The summed E-state index contributed by atoms with van der Waals surface area (Å²) in [5.41, 5.74) is 1.98. The van der Waals surface area contributed by atoms with Crippen molar-refractivity contribution in [3.63, 3.8) is 0 Å². The number of fused-ring (bicyclic) bond motifs is 1. The van der Waals surface area contributed by atoms with E-state index in [1.165, 1.54) is 6.92 Å². The van der Waals surface area contributed by atoms with Crippen LogP contribution in [0.15, 0.2) is 30.5 Å². The SMILES string of the molecule is CC(=O)NC(Cc1c[nH]c2ccccc12)C(=O)NCCC(O)C(C)C. The minimum absolute atomic E-state index is 0.147. The number of carbonyl (C=O) groups excluding carboxylic acids is 2. The number of aliphatic hydroxyl groups excluding tert-OH is 1. The van der Waals surface area contributed by atoms with Gasteiger partial charge < -0.3 is 20.7 Å². The highest BCUT2D eigenvalue weighted by molar-refractivity contribution is 5.89. The summed E-state index contributed by atoms with van der Waals surface area (Å²) in [7, 11) is 0. The van der Waals surface area contributed by atoms with Crippen molar-refractivity contribution < 1.29 is 14.7 Å². The molecule has 2 amide bonds. The predicted molar refractivity (Wildman–Crippen MR) is 98.1 cm³/mol. The van der Waals surface area contributed by atoms with Crippen LogP contribution < -0.4 is 10.6 Å². The van der Waals surface area contributed by atoms with Gasteiger partial charge in [0.25, 0.3) is 0 Å². The Hall–Kier alpha value is -2.34. The molecule has 25 heavy (non-hydrogen) atoms. The lowest BCUT2D eigenvalue weighted by Crippen LogP contribution is -2.47. The van der Waals surface area contributed by atoms with Crippen LogP contribution in [0.5, 0.6) is 0 Å². The second-order valence-electron chi connectivity index (χ2n) is 6.71. The molecule has 0 bridgehead atoms. The van der Waals surface area contributed by atoms with Crippen LogP contribution >= 0.6 is 0 Å². The Labute approximate surface area is 148 Å².